The van der Waals surface area contributed by atoms with Crippen LogP contribution in [0.5, 0.6) is 0 Å². The van der Waals surface area contributed by atoms with Gasteiger partial charge in [0, 0.05) is 42.6 Å². The van der Waals surface area contributed by atoms with Crippen LogP contribution in [0.15, 0.2) is 41.3 Å². The van der Waals surface area contributed by atoms with Crippen LogP contribution in [0.3, 0.4) is 0 Å². The zero-order valence-corrected chi connectivity index (χ0v) is 23.5. The first-order valence-electron chi connectivity index (χ1n) is 12.8. The fourth-order valence-electron chi connectivity index (χ4n) is 4.64. The number of aromatic nitrogens is 2. The minimum Gasteiger partial charge on any atom is -0.394 e. The average molecular weight is 552 g/mol. The van der Waals surface area contributed by atoms with Gasteiger partial charge in [-0.2, -0.15) is 4.98 Å². The summed E-state index contributed by atoms with van der Waals surface area (Å²) in [6, 6.07) is 8.62. The Morgan fingerprint density at radius 3 is 2.45 bits per heavy atom. The molecular weight excluding hydrogens is 513 g/mol. The second-order valence-electron chi connectivity index (χ2n) is 9.13. The Morgan fingerprint density at radius 1 is 1.21 bits per heavy atom. The number of carbonyl (C=O) groups excluding carboxylic acids is 1. The van der Waals surface area contributed by atoms with Gasteiger partial charge >= 0.3 is 5.69 Å². The Balaban J connectivity index is 1.83. The molecule has 12 heteroatoms. The van der Waals surface area contributed by atoms with Crippen molar-refractivity contribution >= 4 is 19.1 Å². The molecule has 1 aromatic carbocycles. The van der Waals surface area contributed by atoms with Crippen LogP contribution in [0.25, 0.3) is 0 Å². The minimum absolute atomic E-state index is 0.0332. The van der Waals surface area contributed by atoms with Crippen LogP contribution in [0.1, 0.15) is 56.3 Å². The second-order valence-corrected chi connectivity index (χ2v) is 11.9. The molecule has 0 aliphatic carbocycles. The molecule has 1 aromatic heterocycles. The third kappa shape index (κ3) is 6.59. The topological polar surface area (TPSA) is 138 Å². The number of nitrogens with zero attached hydrogens (tertiary/aromatic N) is 2. The Kier molecular flexibility index (Phi) is 10.4. The number of hydrogen-bond donors (Lipinski definition) is 2. The van der Waals surface area contributed by atoms with Crippen LogP contribution in [-0.2, 0) is 23.3 Å². The van der Waals surface area contributed by atoms with Crippen molar-refractivity contribution < 1.29 is 33.2 Å². The standard InChI is InChI=1S/C26H38N3O8P/c1-6-34-26(5,35-7-2)38(33,36-8-3)17-20-14-22(37-21(20)16-30)29-15-18(4)23(28-25(29)32)27-24(31)19-12-10-9-11-13-19/h9-13,15,20-22,30H,6-8,14,16-17H2,1-5H3,(H,27,28,31,32)/t20-,21-,22?,38?/m1/s1. The third-order valence-electron chi connectivity index (χ3n) is 6.51. The molecule has 1 aliphatic rings. The number of anilines is 1. The van der Waals surface area contributed by atoms with E-state index in [2.05, 4.69) is 10.3 Å². The van der Waals surface area contributed by atoms with Gasteiger partial charge in [0.25, 0.3) is 13.3 Å². The minimum atomic E-state index is -3.55. The number of carbonyl (C=O) groups is 1. The first-order chi connectivity index (χ1) is 18.1. The van der Waals surface area contributed by atoms with E-state index in [0.717, 1.165) is 0 Å². The predicted molar refractivity (Wildman–Crippen MR) is 142 cm³/mol. The van der Waals surface area contributed by atoms with E-state index in [0.29, 0.717) is 11.1 Å². The highest BCUT2D eigenvalue weighted by molar-refractivity contribution is 7.60. The first-order valence-corrected chi connectivity index (χ1v) is 14.7. The van der Waals surface area contributed by atoms with Crippen molar-refractivity contribution in [3.63, 3.8) is 0 Å². The molecule has 210 valence electrons. The van der Waals surface area contributed by atoms with Crippen molar-refractivity contribution in [1.82, 2.24) is 9.55 Å². The molecule has 0 radical (unpaired) electrons. The van der Waals surface area contributed by atoms with E-state index in [1.807, 2.05) is 0 Å². The lowest BCUT2D eigenvalue weighted by atomic mass is 10.0. The van der Waals surface area contributed by atoms with E-state index in [9.17, 15) is 19.3 Å². The summed E-state index contributed by atoms with van der Waals surface area (Å²) in [4.78, 5) is 29.6. The maximum absolute atomic E-state index is 14.1. The van der Waals surface area contributed by atoms with Gasteiger partial charge in [0.1, 0.15) is 12.0 Å². The lowest BCUT2D eigenvalue weighted by Crippen LogP contribution is -2.37. The zero-order valence-electron chi connectivity index (χ0n) is 22.6. The molecule has 1 fully saturated rings. The first kappa shape index (κ1) is 30.1. The smallest absolute Gasteiger partial charge is 0.351 e. The van der Waals surface area contributed by atoms with Crippen LogP contribution in [0.4, 0.5) is 5.82 Å². The number of ether oxygens (including phenoxy) is 3. The van der Waals surface area contributed by atoms with E-state index in [-0.39, 0.29) is 50.7 Å². The lowest BCUT2D eigenvalue weighted by molar-refractivity contribution is -0.168. The Hall–Kier alpha value is -2.40. The van der Waals surface area contributed by atoms with Gasteiger partial charge in [0.15, 0.2) is 0 Å². The van der Waals surface area contributed by atoms with Crippen LogP contribution < -0.4 is 11.0 Å². The van der Waals surface area contributed by atoms with Crippen LogP contribution in [0, 0.1) is 12.8 Å². The summed E-state index contributed by atoms with van der Waals surface area (Å²) in [5.74, 6) is -0.639. The van der Waals surface area contributed by atoms with Gasteiger partial charge in [-0.15, -0.1) is 0 Å². The molecule has 11 nitrogen and oxygen atoms in total. The number of amides is 1. The summed E-state index contributed by atoms with van der Waals surface area (Å²) in [6.07, 6.45) is 0.435. The molecule has 0 spiro atoms. The van der Waals surface area contributed by atoms with Gasteiger partial charge < -0.3 is 29.2 Å². The number of aryl methyl sites for hydroxylation is 1. The summed E-state index contributed by atoms with van der Waals surface area (Å²) in [5.41, 5.74) is -1.09. The summed E-state index contributed by atoms with van der Waals surface area (Å²) < 4.78 is 38.8. The van der Waals surface area contributed by atoms with E-state index < -0.39 is 36.8 Å². The van der Waals surface area contributed by atoms with Gasteiger partial charge in [0.05, 0.1) is 19.3 Å². The molecule has 2 heterocycles. The number of rotatable bonds is 13. The molecule has 4 atom stereocenters. The molecule has 2 unspecified atom stereocenters. The third-order valence-corrected chi connectivity index (χ3v) is 9.63. The largest absolute Gasteiger partial charge is 0.394 e. The normalized spacial score (nSPS) is 21.3. The summed E-state index contributed by atoms with van der Waals surface area (Å²) in [7, 11) is -3.55. The van der Waals surface area contributed by atoms with Gasteiger partial charge in [-0.1, -0.05) is 18.2 Å². The van der Waals surface area contributed by atoms with Gasteiger partial charge in [0.2, 0.25) is 5.53 Å². The number of aliphatic hydroxyl groups excluding tert-OH is 1. The monoisotopic (exact) mass is 551 g/mol. The van der Waals surface area contributed by atoms with Gasteiger partial charge in [-0.3, -0.25) is 13.9 Å². The molecule has 0 saturated carbocycles. The van der Waals surface area contributed by atoms with E-state index in [1.54, 1.807) is 71.1 Å². The van der Waals surface area contributed by atoms with Crippen molar-refractivity contribution in [3.05, 3.63) is 58.1 Å². The molecule has 0 bridgehead atoms. The van der Waals surface area contributed by atoms with Crippen molar-refractivity contribution in [3.8, 4) is 0 Å². The highest BCUT2D eigenvalue weighted by Gasteiger charge is 2.51. The van der Waals surface area contributed by atoms with Crippen molar-refractivity contribution in [2.24, 2.45) is 5.92 Å². The molecule has 2 N–H and O–H groups in total. The fourth-order valence-corrected chi connectivity index (χ4v) is 7.38. The van der Waals surface area contributed by atoms with Crippen LogP contribution in [0.2, 0.25) is 0 Å². The maximum Gasteiger partial charge on any atom is 0.351 e. The quantitative estimate of drug-likeness (QED) is 0.281. The predicted octanol–water partition coefficient (Wildman–Crippen LogP) is 3.76. The molecule has 1 amide bonds. The summed E-state index contributed by atoms with van der Waals surface area (Å²) in [6.45, 7) is 9.04. The molecule has 1 aliphatic heterocycles. The number of hydrogen-bond acceptors (Lipinski definition) is 9. The Labute approximate surface area is 222 Å². The summed E-state index contributed by atoms with van der Waals surface area (Å²) in [5, 5.41) is 12.7. The lowest BCUT2D eigenvalue weighted by Gasteiger charge is -2.37. The van der Waals surface area contributed by atoms with Crippen molar-refractivity contribution in [1.29, 1.82) is 0 Å². The van der Waals surface area contributed by atoms with E-state index in [4.69, 9.17) is 18.7 Å². The van der Waals surface area contributed by atoms with Crippen molar-refractivity contribution in [2.45, 2.75) is 58.9 Å². The van der Waals surface area contributed by atoms with Gasteiger partial charge in [-0.05, 0) is 53.2 Å². The molecule has 1 saturated heterocycles. The molecule has 3 rings (SSSR count). The van der Waals surface area contributed by atoms with Crippen LogP contribution in [-0.4, -0.2) is 64.8 Å². The highest BCUT2D eigenvalue weighted by atomic mass is 31.2. The molecular formula is C26H38N3O8P. The highest BCUT2D eigenvalue weighted by Crippen LogP contribution is 2.62. The maximum atomic E-state index is 14.1. The zero-order chi connectivity index (χ0) is 27.9. The van der Waals surface area contributed by atoms with E-state index in [1.165, 1.54) is 4.57 Å². The van der Waals surface area contributed by atoms with Crippen molar-refractivity contribution in [2.75, 3.05) is 37.9 Å². The summed E-state index contributed by atoms with van der Waals surface area (Å²) >= 11 is 0. The average Bonchev–Trinajstić information content (AvgIpc) is 3.29. The number of aliphatic hydroxyl groups is 1. The van der Waals surface area contributed by atoms with Gasteiger partial charge in [-0.25, -0.2) is 4.79 Å². The second kappa shape index (κ2) is 13.1. The SMILES string of the molecule is CCOC(C)(OCC)P(=O)(C[C@H]1CC(n2cc(C)c(NC(=O)c3ccccc3)nc2=O)O[C@@H]1CO)OCC. The van der Waals surface area contributed by atoms with Crippen LogP contribution >= 0.6 is 7.37 Å². The van der Waals surface area contributed by atoms with E-state index >= 15 is 0 Å². The molecule has 2 aromatic rings. The Bertz CT molecular complexity index is 1180. The number of benzene rings is 1. The fraction of sp³-hybridized carbons (Fsp3) is 0.577. The number of nitrogens with one attached hydrogen (secondary N) is 1. The Morgan fingerprint density at radius 2 is 1.87 bits per heavy atom. The molecule has 38 heavy (non-hydrogen) atoms.